The Hall–Kier alpha value is -6.59. The Morgan fingerprint density at radius 2 is 0.894 bits per heavy atom. The Morgan fingerprint density at radius 1 is 0.553 bits per heavy atom. The van der Waals surface area contributed by atoms with E-state index in [1.54, 1.807) is 6.92 Å². The minimum atomic E-state index is -3.30. The number of nitrogen functional groups attached to an aromatic ring is 4. The Morgan fingerprint density at radius 3 is 1.23 bits per heavy atom. The first-order valence-electron chi connectivity index (χ1n) is 27.7. The molecule has 42 heteroatoms. The topological polar surface area (TPSA) is 451 Å². The second-order valence-electron chi connectivity index (χ2n) is 21.2. The summed E-state index contributed by atoms with van der Waals surface area (Å²) in [7, 11) is 0. The van der Waals surface area contributed by atoms with E-state index in [1.807, 2.05) is 0 Å². The van der Waals surface area contributed by atoms with Crippen LogP contribution in [-0.2, 0) is 47.5 Å². The van der Waals surface area contributed by atoms with Crippen LogP contribution in [0.4, 0.5) is 58.4 Å². The molecule has 16 atom stereocenters. The number of aromatic amines is 1. The van der Waals surface area contributed by atoms with Crippen LogP contribution in [0.2, 0.25) is 20.1 Å². The molecule has 4 aromatic rings. The smallest absolute Gasteiger partial charge is 0.351 e. The number of esters is 3. The summed E-state index contributed by atoms with van der Waals surface area (Å²) in [4.78, 5) is 95.2. The molecule has 0 spiro atoms. The lowest BCUT2D eigenvalue weighted by atomic mass is 9.85. The highest BCUT2D eigenvalue weighted by molar-refractivity contribution is 6.33. The van der Waals surface area contributed by atoms with Crippen molar-refractivity contribution in [1.29, 1.82) is 0 Å². The van der Waals surface area contributed by atoms with Gasteiger partial charge in [-0.2, -0.15) is 15.0 Å². The largest absolute Gasteiger partial charge is 0.457 e. The van der Waals surface area contributed by atoms with Gasteiger partial charge >= 0.3 is 40.7 Å². The van der Waals surface area contributed by atoms with Crippen molar-refractivity contribution in [3.63, 3.8) is 0 Å². The number of rotatable bonds is 14. The molecule has 0 unspecified atom stereocenters. The molecule has 0 radical (unpaired) electrons. The lowest BCUT2D eigenvalue weighted by Crippen LogP contribution is -2.52. The number of halogens is 12. The van der Waals surface area contributed by atoms with E-state index < -0.39 is 169 Å². The molecule has 0 aliphatic carbocycles. The van der Waals surface area contributed by atoms with Crippen molar-refractivity contribution in [2.75, 3.05) is 29.5 Å². The molecule has 13 N–H and O–H groups in total. The molecule has 30 nitrogen and oxygen atoms in total. The zero-order chi connectivity index (χ0) is 71.8. The first kappa shape index (κ1) is 79.8. The third-order valence-electron chi connectivity index (χ3n) is 15.8. The predicted octanol–water partition coefficient (Wildman–Crippen LogP) is 4.03. The number of nitrogens with two attached hydrogens (primary N) is 4. The zero-order valence-electron chi connectivity index (χ0n) is 50.9. The Bertz CT molecular complexity index is 3450. The van der Waals surface area contributed by atoms with E-state index in [4.69, 9.17) is 108 Å². The molecule has 0 bridgehead atoms. The van der Waals surface area contributed by atoms with Crippen LogP contribution < -0.4 is 45.7 Å². The molecule has 4 aromatic heterocycles. The molecular weight excluding hydrogens is 1370 g/mol. The molecule has 8 rings (SSSR count). The van der Waals surface area contributed by atoms with Gasteiger partial charge in [-0.1, -0.05) is 87.9 Å². The van der Waals surface area contributed by atoms with E-state index in [2.05, 4.69) is 24.9 Å². The van der Waals surface area contributed by atoms with Crippen molar-refractivity contribution >= 4 is 87.6 Å². The monoisotopic (exact) mass is 1440 g/mol. The highest BCUT2D eigenvalue weighted by Crippen LogP contribution is 2.50. The average Bonchev–Trinajstić information content (AvgIpc) is 1.63. The lowest BCUT2D eigenvalue weighted by molar-refractivity contribution is -0.223. The zero-order valence-corrected chi connectivity index (χ0v) is 53.9. The van der Waals surface area contributed by atoms with Crippen molar-refractivity contribution in [2.45, 2.75) is 185 Å². The number of anilines is 4. The summed E-state index contributed by atoms with van der Waals surface area (Å²) < 4.78 is 145. The van der Waals surface area contributed by atoms with Crippen LogP contribution in [0.1, 0.15) is 100 Å². The number of aliphatic hydroxyl groups is 4. The van der Waals surface area contributed by atoms with E-state index in [9.17, 15) is 84.0 Å². The number of carbonyl (C=O) groups excluding carboxylic acids is 3. The maximum absolute atomic E-state index is 13.7. The van der Waals surface area contributed by atoms with Gasteiger partial charge in [0.05, 0.1) is 32.9 Å². The number of nitrogens with one attached hydrogen (secondary N) is 1. The van der Waals surface area contributed by atoms with Crippen LogP contribution >= 0.6 is 46.4 Å². The number of ether oxygens (including phenoxy) is 7. The summed E-state index contributed by atoms with van der Waals surface area (Å²) in [5.41, 5.74) is 10.0. The van der Waals surface area contributed by atoms with Crippen molar-refractivity contribution in [3.8, 4) is 0 Å². The van der Waals surface area contributed by atoms with E-state index in [0.29, 0.717) is 4.57 Å². The van der Waals surface area contributed by atoms with Crippen LogP contribution in [0.15, 0.2) is 44.0 Å². The van der Waals surface area contributed by atoms with Gasteiger partial charge in [-0.05, 0) is 19.3 Å². The van der Waals surface area contributed by atoms with Gasteiger partial charge in [0.25, 0.3) is 25.7 Å². The molecule has 4 fully saturated rings. The van der Waals surface area contributed by atoms with E-state index in [0.717, 1.165) is 48.5 Å². The predicted molar refractivity (Wildman–Crippen MR) is 315 cm³/mol. The number of aromatic nitrogens is 8. The van der Waals surface area contributed by atoms with E-state index in [-0.39, 0.29) is 62.6 Å². The summed E-state index contributed by atoms with van der Waals surface area (Å²) in [6.45, 7) is 11.2. The van der Waals surface area contributed by atoms with Crippen LogP contribution in [-0.4, -0.2) is 168 Å². The standard InChI is InChI=1S/C14H18ClF2N3O4.C12H16ClF2N3O3.C12H18F2O5.C10H12ClF2N3O5.C4H4ClN3O/c1-4-14(12(16)17)6(2)9(23-7(3)21)11(24-14)20-5-8(15)10(18)19-13(20)22;1-3-12(10(14)15)5(2)7(19)9(21-12)18-4-6(13)8(16)17-11(18)20;1-5-12(11(13)14)6(2)9(17-7(3)15)10(19-12)18-8(4)16;11-3-1-16(9(20)15-6(3)14)7-4(18)5(19)10(2-17,21-7)8(12)13;5-2-1-7-4(9)8-3(2)6/h5-6,9,11-12H,4H2,1-3H3,(H2,18,19,22);4-5,7,9-10,19H,3H2,1-2H3,(H2,16,17,20);6,9-11H,5H2,1-4H3;1,4-5,7-8,17-19H,2H2,(H2,14,15,20);1H,(H3,6,7,8,9)/t6-,9+,11+,14+;5-,7+,9+,12+;6-,9+,10-,12+;4-,5+,7-,10-;/m0001./s1. The van der Waals surface area contributed by atoms with Crippen molar-refractivity contribution in [3.05, 3.63) is 86.8 Å². The normalized spacial score (nSPS) is 30.1. The average molecular weight is 1440 g/mol. The fourth-order valence-electron chi connectivity index (χ4n) is 10.3. The maximum Gasteiger partial charge on any atom is 0.351 e. The highest BCUT2D eigenvalue weighted by atomic mass is 35.5. The SMILES string of the molecule is CC[C@@]1(C(F)F)O[C@@H](n2cc(Cl)c(N)nc2=O)[C@H](O)[C@@H]1C.CC[C@@]1(C(F)F)O[C@@H](n2cc(Cl)c(N)nc2=O)[C@H](OC(C)=O)[C@@H]1C.CC[C@@]1(C(F)F)O[C@H](OC(C)=O)[C@H](OC(C)=O)[C@@H]1C.Nc1[nH]c(=O)ncc1Cl.Nc1nc(=O)n([C@@H]2O[C@@](CO)(C(F)F)[C@@H](O)[C@H]2O)cc1Cl. The minimum Gasteiger partial charge on any atom is -0.457 e. The first-order chi connectivity index (χ1) is 43.6. The number of hydrogen-bond donors (Lipinski definition) is 9. The number of nitrogens with zero attached hydrogens (tertiary/aromatic N) is 7. The number of H-pyrrole nitrogens is 1. The summed E-state index contributed by atoms with van der Waals surface area (Å²) in [6, 6.07) is 0. The maximum atomic E-state index is 13.7. The third-order valence-corrected chi connectivity index (χ3v) is 17.0. The quantitative estimate of drug-likeness (QED) is 0.0489. The molecule has 4 saturated heterocycles. The van der Waals surface area contributed by atoms with E-state index >= 15 is 0 Å². The van der Waals surface area contributed by atoms with Gasteiger partial charge in [-0.25, -0.2) is 59.3 Å². The second-order valence-corrected chi connectivity index (χ2v) is 22.9. The number of aliphatic hydroxyl groups excluding tert-OH is 4. The van der Waals surface area contributed by atoms with Gasteiger partial charge < -0.3 is 76.5 Å². The van der Waals surface area contributed by atoms with Gasteiger partial charge in [0.15, 0.2) is 36.5 Å². The summed E-state index contributed by atoms with van der Waals surface area (Å²) in [5, 5.41) is 38.8. The fourth-order valence-corrected chi connectivity index (χ4v) is 10.8. The van der Waals surface area contributed by atoms with Gasteiger partial charge in [-0.15, -0.1) is 0 Å². The van der Waals surface area contributed by atoms with Crippen molar-refractivity contribution in [1.82, 2.24) is 38.6 Å². The molecule has 528 valence electrons. The van der Waals surface area contributed by atoms with Crippen LogP contribution in [0.3, 0.4) is 0 Å². The Balaban J connectivity index is 0.000000256. The van der Waals surface area contributed by atoms with Crippen LogP contribution in [0, 0.1) is 17.8 Å². The van der Waals surface area contributed by atoms with E-state index in [1.165, 1.54) is 40.8 Å². The van der Waals surface area contributed by atoms with Crippen LogP contribution in [0.25, 0.3) is 0 Å². The number of carbonyl (C=O) groups is 3. The second kappa shape index (κ2) is 32.4. The molecule has 94 heavy (non-hydrogen) atoms. The summed E-state index contributed by atoms with van der Waals surface area (Å²) in [6.07, 6.45) is -20.3. The molecule has 4 aliphatic heterocycles. The molecule has 8 heterocycles. The molecule has 4 aliphatic rings. The fraction of sp³-hybridized carbons (Fsp3) is 0.635. The lowest BCUT2D eigenvalue weighted by Gasteiger charge is -2.30. The number of alkyl halides is 8. The van der Waals surface area contributed by atoms with Gasteiger partial charge in [0, 0.05) is 57.1 Å². The van der Waals surface area contributed by atoms with Crippen LogP contribution in [0.5, 0.6) is 0 Å². The van der Waals surface area contributed by atoms with Gasteiger partial charge in [0.2, 0.25) is 6.29 Å². The molecule has 0 aromatic carbocycles. The van der Waals surface area contributed by atoms with Crippen molar-refractivity contribution in [2.24, 2.45) is 17.8 Å². The van der Waals surface area contributed by atoms with Gasteiger partial charge in [0.1, 0.15) is 58.4 Å². The summed E-state index contributed by atoms with van der Waals surface area (Å²) in [5.74, 6) is -5.01. The molecule has 0 amide bonds. The number of hydrogen-bond acceptors (Lipinski definition) is 26. The van der Waals surface area contributed by atoms with Crippen molar-refractivity contribution < 1.29 is 103 Å². The Kier molecular flexibility index (Phi) is 27.6. The third kappa shape index (κ3) is 16.8. The highest BCUT2D eigenvalue weighted by Gasteiger charge is 2.63. The first-order valence-corrected chi connectivity index (χ1v) is 29.2. The van der Waals surface area contributed by atoms with Gasteiger partial charge in [-0.3, -0.25) is 33.1 Å². The Labute approximate surface area is 546 Å². The molecular formula is C52H68Cl4F8N12O18. The molecule has 0 saturated carbocycles. The minimum absolute atomic E-state index is 0.00965. The summed E-state index contributed by atoms with van der Waals surface area (Å²) >= 11 is 22.7.